The van der Waals surface area contributed by atoms with E-state index in [1.165, 1.54) is 6.07 Å². The lowest BCUT2D eigenvalue weighted by molar-refractivity contribution is 0.0691. The van der Waals surface area contributed by atoms with Crippen LogP contribution in [0.3, 0.4) is 0 Å². The summed E-state index contributed by atoms with van der Waals surface area (Å²) < 4.78 is 36.2. The number of carboxylic acids is 1. The topological polar surface area (TPSA) is 89.1 Å². The summed E-state index contributed by atoms with van der Waals surface area (Å²) in [6, 6.07) is 5.25. The molecule has 3 N–H and O–H groups in total. The summed E-state index contributed by atoms with van der Waals surface area (Å²) >= 11 is 7.63. The highest BCUT2D eigenvalue weighted by Gasteiger charge is 2.32. The molecule has 1 heterocycles. The maximum atomic E-state index is 14.6. The minimum atomic E-state index is -1.62. The average molecular weight is 873 g/mol. The predicted molar refractivity (Wildman–Crippen MR) is 145 cm³/mol. The van der Waals surface area contributed by atoms with E-state index in [2.05, 4.69) is 0 Å². The summed E-state index contributed by atoms with van der Waals surface area (Å²) in [5, 5.41) is 31.3. The monoisotopic (exact) mass is 873 g/mol. The molecule has 0 amide bonds. The molecule has 0 aliphatic rings. The Morgan fingerprint density at radius 3 is 1.81 bits per heavy atom. The number of hydrogen-bond donors (Lipinski definition) is 3. The quantitative estimate of drug-likeness (QED) is 0.112. The summed E-state index contributed by atoms with van der Waals surface area (Å²) in [6.07, 6.45) is 0. The Bertz CT molecular complexity index is 1380. The fraction of sp³-hybridized carbons (Fsp3) is 0. The van der Waals surface area contributed by atoms with Gasteiger partial charge in [-0.2, -0.15) is 0 Å². The molecule has 0 aliphatic heterocycles. The molecule has 4 aromatic rings. The van der Waals surface area contributed by atoms with Gasteiger partial charge in [-0.1, -0.05) is 6.07 Å². The Hall–Kier alpha value is -0.820. The summed E-state index contributed by atoms with van der Waals surface area (Å²) in [5.41, 5.74) is -0.128. The van der Waals surface area contributed by atoms with Crippen LogP contribution in [0.25, 0.3) is 33.1 Å². The zero-order valence-corrected chi connectivity index (χ0v) is 23.4. The van der Waals surface area contributed by atoms with Gasteiger partial charge in [0.05, 0.1) is 17.9 Å². The van der Waals surface area contributed by atoms with Crippen molar-refractivity contribution in [3.63, 3.8) is 0 Å². The number of carbonyl (C=O) groups is 1. The number of fused-ring (bicyclic) bond motifs is 2. The number of benzene rings is 3. The van der Waals surface area contributed by atoms with Gasteiger partial charge in [0.25, 0.3) is 0 Å². The van der Waals surface area contributed by atoms with Gasteiger partial charge in [0, 0.05) is 11.1 Å². The largest absolute Gasteiger partial charge is 0.505 e. The Morgan fingerprint density at radius 2 is 1.35 bits per heavy atom. The van der Waals surface area contributed by atoms with E-state index in [4.69, 9.17) is 4.42 Å². The van der Waals surface area contributed by atoms with Gasteiger partial charge in [-0.3, -0.25) is 0 Å². The highest BCUT2D eigenvalue weighted by molar-refractivity contribution is 14.1. The van der Waals surface area contributed by atoms with Gasteiger partial charge >= 0.3 is 17.1 Å². The van der Waals surface area contributed by atoms with Crippen molar-refractivity contribution in [2.45, 2.75) is 0 Å². The van der Waals surface area contributed by atoms with Crippen molar-refractivity contribution in [2.75, 3.05) is 0 Å². The molecule has 0 spiro atoms. The number of phenols is 2. The summed E-state index contributed by atoms with van der Waals surface area (Å²) in [5.74, 6) is -4.44. The van der Waals surface area contributed by atoms with E-state index in [1.807, 2.05) is 90.4 Å². The van der Waals surface area contributed by atoms with E-state index in [0.717, 1.165) is 6.07 Å². The van der Waals surface area contributed by atoms with E-state index < -0.39 is 23.2 Å². The Balaban J connectivity index is 2.37. The van der Waals surface area contributed by atoms with Crippen LogP contribution in [0.1, 0.15) is 10.4 Å². The van der Waals surface area contributed by atoms with Crippen LogP contribution in [-0.2, 0) is 0 Å². The van der Waals surface area contributed by atoms with Crippen molar-refractivity contribution in [3.8, 4) is 22.6 Å². The maximum Gasteiger partial charge on any atom is 0.378 e. The molecule has 3 aromatic carbocycles. The number of phenolic OH excluding ortho intramolecular Hbond substituents is 2. The van der Waals surface area contributed by atoms with Crippen LogP contribution in [-0.4, -0.2) is 21.3 Å². The Morgan fingerprint density at radius 1 is 0.871 bits per heavy atom. The van der Waals surface area contributed by atoms with Gasteiger partial charge in [0.1, 0.15) is 5.56 Å². The van der Waals surface area contributed by atoms with Crippen molar-refractivity contribution >= 4 is 118 Å². The third-order valence-corrected chi connectivity index (χ3v) is 8.27. The number of aromatic hydroxyl groups is 2. The minimum absolute atomic E-state index is 0.0313. The van der Waals surface area contributed by atoms with Gasteiger partial charge in [-0.25, -0.2) is 18.0 Å². The molecule has 4 rings (SSSR count). The van der Waals surface area contributed by atoms with Crippen LogP contribution < -0.4 is 0 Å². The molecule has 0 saturated carbocycles. The molecular weight excluding hydrogens is 866 g/mol. The molecular formula is C20H7F2I4O5+. The maximum absolute atomic E-state index is 14.6. The molecule has 0 saturated heterocycles. The SMILES string of the molecule is O=C(O)c1c(-c2c3cc(I)c(O)c(I)c3[o+]c3c(I)c(O)c(I)cc23)ccc(F)c1F. The molecule has 158 valence electrons. The van der Waals surface area contributed by atoms with E-state index in [-0.39, 0.29) is 28.2 Å². The average Bonchev–Trinajstić information content (AvgIpc) is 2.71. The van der Waals surface area contributed by atoms with Gasteiger partial charge < -0.3 is 15.3 Å². The standard InChI is InChI=1S/C20H6F2I4O5/c21-8-2-1-5(12(13(8)22)20(29)30)11-6-3-9(23)16(27)14(25)18(6)31-19-7(11)4-10(24)17(28)15(19)26/h1-4H,(H2-,27,28,29,30)/p+1. The molecule has 11 heteroatoms. The molecule has 0 atom stereocenters. The van der Waals surface area contributed by atoms with Crippen LogP contribution in [0.5, 0.6) is 11.5 Å². The number of hydrogen-bond acceptors (Lipinski definition) is 3. The number of halogens is 6. The van der Waals surface area contributed by atoms with Crippen LogP contribution >= 0.6 is 90.4 Å². The van der Waals surface area contributed by atoms with Crippen molar-refractivity contribution < 1.29 is 33.3 Å². The first kappa shape index (κ1) is 23.3. The van der Waals surface area contributed by atoms with Crippen LogP contribution in [0, 0.1) is 25.9 Å². The first-order chi connectivity index (χ1) is 14.5. The number of rotatable bonds is 2. The fourth-order valence-electron chi connectivity index (χ4n) is 3.26. The third-order valence-electron chi connectivity index (χ3n) is 4.62. The summed E-state index contributed by atoms with van der Waals surface area (Å²) in [4.78, 5) is 11.9. The first-order valence-corrected chi connectivity index (χ1v) is 12.5. The molecule has 5 nitrogen and oxygen atoms in total. The highest BCUT2D eigenvalue weighted by Crippen LogP contribution is 2.46. The van der Waals surface area contributed by atoms with Gasteiger partial charge in [0.2, 0.25) is 0 Å². The van der Waals surface area contributed by atoms with Crippen LogP contribution in [0.4, 0.5) is 8.78 Å². The van der Waals surface area contributed by atoms with Crippen molar-refractivity contribution in [1.82, 2.24) is 0 Å². The first-order valence-electron chi connectivity index (χ1n) is 8.23. The lowest BCUT2D eigenvalue weighted by Crippen LogP contribution is -2.06. The molecule has 0 radical (unpaired) electrons. The molecule has 0 fully saturated rings. The van der Waals surface area contributed by atoms with E-state index in [9.17, 15) is 28.9 Å². The minimum Gasteiger partial charge on any atom is -0.505 e. The lowest BCUT2D eigenvalue weighted by Gasteiger charge is -2.12. The van der Waals surface area contributed by atoms with Crippen molar-refractivity contribution in [2.24, 2.45) is 0 Å². The zero-order chi connectivity index (χ0) is 22.8. The normalized spacial score (nSPS) is 11.4. The molecule has 31 heavy (non-hydrogen) atoms. The van der Waals surface area contributed by atoms with Gasteiger partial charge in [-0.15, -0.1) is 0 Å². The second-order valence-corrected chi connectivity index (χ2v) is 10.8. The highest BCUT2D eigenvalue weighted by atomic mass is 127. The third kappa shape index (κ3) is 3.71. The van der Waals surface area contributed by atoms with E-state index in [0.29, 0.717) is 30.6 Å². The summed E-state index contributed by atoms with van der Waals surface area (Å²) in [7, 11) is 0. The molecule has 1 aromatic heterocycles. The van der Waals surface area contributed by atoms with Crippen LogP contribution in [0.15, 0.2) is 28.7 Å². The summed E-state index contributed by atoms with van der Waals surface area (Å²) in [6.45, 7) is 0. The van der Waals surface area contributed by atoms with Gasteiger partial charge in [-0.05, 0) is 109 Å². The Kier molecular flexibility index (Phi) is 6.41. The predicted octanol–water partition coefficient (Wildman–Crippen LogP) is 7.34. The van der Waals surface area contributed by atoms with E-state index in [1.54, 1.807) is 12.1 Å². The van der Waals surface area contributed by atoms with Gasteiger partial charge in [0.15, 0.2) is 30.3 Å². The number of carboxylic acid groups (broad SMARTS) is 1. The lowest BCUT2D eigenvalue weighted by atomic mass is 9.93. The molecule has 0 aliphatic carbocycles. The number of aromatic carboxylic acids is 1. The molecule has 0 unspecified atom stereocenters. The molecule has 0 bridgehead atoms. The zero-order valence-electron chi connectivity index (χ0n) is 14.7. The smallest absolute Gasteiger partial charge is 0.378 e. The van der Waals surface area contributed by atoms with Crippen molar-refractivity contribution in [3.05, 3.63) is 55.7 Å². The fourth-order valence-corrected chi connectivity index (χ4v) is 6.84. The Labute approximate surface area is 227 Å². The van der Waals surface area contributed by atoms with E-state index >= 15 is 0 Å². The second kappa shape index (κ2) is 8.51. The van der Waals surface area contributed by atoms with Crippen LogP contribution in [0.2, 0.25) is 0 Å². The second-order valence-electron chi connectivity index (χ2n) is 6.36. The van der Waals surface area contributed by atoms with Crippen molar-refractivity contribution in [1.29, 1.82) is 0 Å².